The first-order chi connectivity index (χ1) is 12.8. The number of aromatic nitrogens is 2. The Morgan fingerprint density at radius 1 is 1.15 bits per heavy atom. The van der Waals surface area contributed by atoms with Crippen molar-refractivity contribution in [3.8, 4) is 11.3 Å². The summed E-state index contributed by atoms with van der Waals surface area (Å²) in [5, 5.41) is 0.669. The van der Waals surface area contributed by atoms with Crippen molar-refractivity contribution in [1.29, 1.82) is 0 Å². The van der Waals surface area contributed by atoms with Crippen molar-refractivity contribution < 1.29 is 4.79 Å². The zero-order valence-corrected chi connectivity index (χ0v) is 15.8. The second-order valence-corrected chi connectivity index (χ2v) is 7.28. The molecule has 0 saturated heterocycles. The quantitative estimate of drug-likeness (QED) is 0.474. The average Bonchev–Trinajstić information content (AvgIpc) is 3.09. The molecule has 1 amide bonds. The third-order valence-electron chi connectivity index (χ3n) is 4.22. The summed E-state index contributed by atoms with van der Waals surface area (Å²) in [4.78, 5) is 15.1. The third kappa shape index (κ3) is 4.90. The van der Waals surface area contributed by atoms with Crippen LogP contribution in [0.1, 0.15) is 25.3 Å². The van der Waals surface area contributed by atoms with Crippen molar-refractivity contribution in [3.63, 3.8) is 0 Å². The van der Waals surface area contributed by atoms with Crippen molar-refractivity contribution >= 4 is 30.0 Å². The van der Waals surface area contributed by atoms with E-state index in [0.717, 1.165) is 4.90 Å². The number of benzene rings is 2. The predicted molar refractivity (Wildman–Crippen MR) is 107 cm³/mol. The molecule has 1 aromatic heterocycles. The van der Waals surface area contributed by atoms with Gasteiger partial charge < -0.3 is 4.57 Å². The number of nitrogens with one attached hydrogen (secondary N) is 1. The number of rotatable bonds is 5. The Morgan fingerprint density at radius 2 is 1.96 bits per heavy atom. The van der Waals surface area contributed by atoms with Gasteiger partial charge in [-0.2, -0.15) is 0 Å². The molecule has 0 aliphatic heterocycles. The number of carbonyl (C=O) groups is 1. The molecule has 6 heteroatoms. The fourth-order valence-corrected chi connectivity index (χ4v) is 3.49. The molecule has 3 aromatic rings. The van der Waals surface area contributed by atoms with Crippen LogP contribution in [0.4, 0.5) is 0 Å². The molecule has 1 fully saturated rings. The third-order valence-corrected chi connectivity index (χ3v) is 5.16. The maximum Gasteiger partial charge on any atom is 0.217 e. The molecule has 26 heavy (non-hydrogen) atoms. The lowest BCUT2D eigenvalue weighted by molar-refractivity contribution is -0.107. The van der Waals surface area contributed by atoms with Gasteiger partial charge in [0.15, 0.2) is 0 Å². The van der Waals surface area contributed by atoms with E-state index in [9.17, 15) is 4.79 Å². The molecule has 134 valence electrons. The topological polar surface area (TPSA) is 46.9 Å². The van der Waals surface area contributed by atoms with Gasteiger partial charge in [0.05, 0.1) is 18.2 Å². The Morgan fingerprint density at radius 3 is 2.62 bits per heavy atom. The number of carbonyl (C=O) groups excluding carboxylic acids is 1. The first-order valence-corrected chi connectivity index (χ1v) is 9.66. The highest BCUT2D eigenvalue weighted by molar-refractivity contribution is 7.97. The maximum absolute atomic E-state index is 9.90. The number of hydrogen-bond donors (Lipinski definition) is 1. The Kier molecular flexibility index (Phi) is 6.75. The Bertz CT molecular complexity index is 834. The minimum Gasteiger partial charge on any atom is -0.328 e. The summed E-state index contributed by atoms with van der Waals surface area (Å²) in [7, 11) is 0. The highest BCUT2D eigenvalue weighted by atomic mass is 35.5. The molecule has 0 atom stereocenters. The van der Waals surface area contributed by atoms with Crippen LogP contribution in [0, 0.1) is 0 Å². The molecule has 1 aliphatic rings. The minimum absolute atomic E-state index is 0.631. The van der Waals surface area contributed by atoms with Crippen molar-refractivity contribution in [1.82, 2.24) is 14.3 Å². The van der Waals surface area contributed by atoms with Crippen LogP contribution in [0.2, 0.25) is 5.02 Å². The molecular formula is C20H20ClN3OS. The van der Waals surface area contributed by atoms with E-state index in [4.69, 9.17) is 11.6 Å². The zero-order valence-electron chi connectivity index (χ0n) is 14.2. The normalized spacial score (nSPS) is 13.3. The molecule has 0 radical (unpaired) electrons. The summed E-state index contributed by atoms with van der Waals surface area (Å²) >= 11 is 6.93. The Hall–Kier alpha value is -2.24. The van der Waals surface area contributed by atoms with Crippen molar-refractivity contribution in [2.45, 2.75) is 30.2 Å². The molecule has 0 bridgehead atoms. The first kappa shape index (κ1) is 18.5. The number of nitrogens with zero attached hydrogens (tertiary/aromatic N) is 2. The molecule has 4 rings (SSSR count). The second-order valence-electron chi connectivity index (χ2n) is 5.93. The van der Waals surface area contributed by atoms with Gasteiger partial charge in [-0.1, -0.05) is 48.0 Å². The molecule has 2 aromatic carbocycles. The molecule has 0 unspecified atom stereocenters. The van der Waals surface area contributed by atoms with Crippen molar-refractivity contribution in [3.05, 3.63) is 72.1 Å². The van der Waals surface area contributed by atoms with E-state index < -0.39 is 0 Å². The van der Waals surface area contributed by atoms with Crippen molar-refractivity contribution in [2.24, 2.45) is 0 Å². The van der Waals surface area contributed by atoms with Gasteiger partial charge in [-0.15, -0.1) is 0 Å². The molecular weight excluding hydrogens is 366 g/mol. The SMILES string of the molecule is O=CNSc1cccc(Cl)c1.c1ccc(-c2cncn2C2CCC2)cc1. The standard InChI is InChI=1S/C13H14N2.C7H6ClNOS/c1-2-5-11(6-3-1)13-9-14-10-15(13)12-7-4-8-12;8-6-2-1-3-7(4-6)11-9-5-10/h1-3,5-6,9-10,12H,4,7-8H2;1-5H,(H,9,10). The van der Waals surface area contributed by atoms with E-state index in [2.05, 4.69) is 38.5 Å². The summed E-state index contributed by atoms with van der Waals surface area (Å²) in [5.41, 5.74) is 2.52. The van der Waals surface area contributed by atoms with Crippen LogP contribution < -0.4 is 4.72 Å². The Balaban J connectivity index is 0.000000160. The zero-order chi connectivity index (χ0) is 18.2. The predicted octanol–water partition coefficient (Wildman–Crippen LogP) is 5.37. The van der Waals surface area contributed by atoms with Gasteiger partial charge in [0.2, 0.25) is 6.41 Å². The van der Waals surface area contributed by atoms with Gasteiger partial charge in [-0.25, -0.2) is 4.98 Å². The van der Waals surface area contributed by atoms with Crippen molar-refractivity contribution in [2.75, 3.05) is 0 Å². The van der Waals surface area contributed by atoms with Gasteiger partial charge in [0.25, 0.3) is 0 Å². The lowest BCUT2D eigenvalue weighted by atomic mass is 9.92. The van der Waals surface area contributed by atoms with Gasteiger partial charge in [0, 0.05) is 16.0 Å². The first-order valence-electron chi connectivity index (χ1n) is 8.47. The molecule has 1 N–H and O–H groups in total. The molecule has 0 spiro atoms. The van der Waals surface area contributed by atoms with E-state index >= 15 is 0 Å². The second kappa shape index (κ2) is 9.46. The maximum atomic E-state index is 9.90. The summed E-state index contributed by atoms with van der Waals surface area (Å²) in [6.07, 6.45) is 8.52. The van der Waals surface area contributed by atoms with Gasteiger partial charge in [-0.3, -0.25) is 9.52 Å². The summed E-state index contributed by atoms with van der Waals surface area (Å²) < 4.78 is 4.79. The van der Waals surface area contributed by atoms with Crippen LogP contribution in [0.3, 0.4) is 0 Å². The lowest BCUT2D eigenvalue weighted by Gasteiger charge is -2.28. The molecule has 4 nitrogen and oxygen atoms in total. The van der Waals surface area contributed by atoms with Gasteiger partial charge >= 0.3 is 0 Å². The van der Waals surface area contributed by atoms with Crippen LogP contribution >= 0.6 is 23.5 Å². The van der Waals surface area contributed by atoms with E-state index in [1.54, 1.807) is 12.1 Å². The Labute approximate surface area is 162 Å². The smallest absolute Gasteiger partial charge is 0.217 e. The van der Waals surface area contributed by atoms with Crippen LogP contribution in [-0.2, 0) is 4.79 Å². The molecule has 1 heterocycles. The van der Waals surface area contributed by atoms with Crippen LogP contribution in [0.25, 0.3) is 11.3 Å². The monoisotopic (exact) mass is 385 g/mol. The molecule has 1 aliphatic carbocycles. The van der Waals surface area contributed by atoms with Gasteiger partial charge in [-0.05, 0) is 55.0 Å². The van der Waals surface area contributed by atoms with E-state index in [1.807, 2.05) is 30.7 Å². The minimum atomic E-state index is 0.631. The summed E-state index contributed by atoms with van der Waals surface area (Å²) in [6, 6.07) is 18.4. The number of amides is 1. The average molecular weight is 386 g/mol. The van der Waals surface area contributed by atoms with E-state index in [-0.39, 0.29) is 0 Å². The fourth-order valence-electron chi connectivity index (χ4n) is 2.72. The summed E-state index contributed by atoms with van der Waals surface area (Å²) in [5.74, 6) is 0. The van der Waals surface area contributed by atoms with Crippen LogP contribution in [-0.4, -0.2) is 16.0 Å². The number of halogens is 1. The van der Waals surface area contributed by atoms with Crippen LogP contribution in [0.15, 0.2) is 72.0 Å². The summed E-state index contributed by atoms with van der Waals surface area (Å²) in [6.45, 7) is 0. The largest absolute Gasteiger partial charge is 0.328 e. The van der Waals surface area contributed by atoms with Gasteiger partial charge in [0.1, 0.15) is 0 Å². The lowest BCUT2D eigenvalue weighted by Crippen LogP contribution is -2.16. The highest BCUT2D eigenvalue weighted by Crippen LogP contribution is 2.34. The highest BCUT2D eigenvalue weighted by Gasteiger charge is 2.21. The van der Waals surface area contributed by atoms with Crippen LogP contribution in [0.5, 0.6) is 0 Å². The number of hydrogen-bond acceptors (Lipinski definition) is 3. The van der Waals surface area contributed by atoms with E-state index in [0.29, 0.717) is 17.5 Å². The van der Waals surface area contributed by atoms with E-state index in [1.165, 1.54) is 42.5 Å². The fraction of sp³-hybridized carbons (Fsp3) is 0.200. The number of imidazole rings is 1. The molecule has 1 saturated carbocycles.